The molecule has 0 saturated heterocycles. The first-order valence-electron chi connectivity index (χ1n) is 6.01. The van der Waals surface area contributed by atoms with Crippen molar-refractivity contribution in [3.05, 3.63) is 62.5 Å². The molecule has 2 N–H and O–H groups in total. The summed E-state index contributed by atoms with van der Waals surface area (Å²) in [6.07, 6.45) is 0. The molecule has 1 unspecified atom stereocenters. The first-order chi connectivity index (χ1) is 9.10. The highest BCUT2D eigenvalue weighted by atomic mass is 79.9. The average molecular weight is 385 g/mol. The Hall–Kier alpha value is -0.840. The predicted octanol–water partition coefficient (Wildman–Crippen LogP) is 4.88. The third-order valence-electron chi connectivity index (χ3n) is 2.95. The van der Waals surface area contributed by atoms with Crippen LogP contribution in [0.2, 0.25) is 0 Å². The predicted molar refractivity (Wildman–Crippen MR) is 86.2 cm³/mol. The molecule has 2 rings (SSSR count). The SMILES string of the molecule is CC(Nc1ccc(CO)cc1)c1ccc(Br)cc1Br. The smallest absolute Gasteiger partial charge is 0.0681 e. The van der Waals surface area contributed by atoms with Gasteiger partial charge in [-0.15, -0.1) is 0 Å². The van der Waals surface area contributed by atoms with Crippen LogP contribution in [0.5, 0.6) is 0 Å². The number of nitrogens with one attached hydrogen (secondary N) is 1. The minimum Gasteiger partial charge on any atom is -0.392 e. The quantitative estimate of drug-likeness (QED) is 0.787. The average Bonchev–Trinajstić information content (AvgIpc) is 2.39. The summed E-state index contributed by atoms with van der Waals surface area (Å²) >= 11 is 7.03. The Morgan fingerprint density at radius 3 is 2.37 bits per heavy atom. The van der Waals surface area contributed by atoms with Gasteiger partial charge in [-0.2, -0.15) is 0 Å². The van der Waals surface area contributed by atoms with Crippen molar-refractivity contribution in [2.45, 2.75) is 19.6 Å². The molecule has 2 aromatic carbocycles. The maximum absolute atomic E-state index is 9.02. The number of hydrogen-bond donors (Lipinski definition) is 2. The summed E-state index contributed by atoms with van der Waals surface area (Å²) in [5, 5.41) is 12.5. The van der Waals surface area contributed by atoms with E-state index in [2.05, 4.69) is 50.2 Å². The van der Waals surface area contributed by atoms with E-state index in [1.165, 1.54) is 5.56 Å². The molecule has 2 aromatic rings. The summed E-state index contributed by atoms with van der Waals surface area (Å²) in [6.45, 7) is 2.20. The molecule has 1 atom stereocenters. The molecule has 0 amide bonds. The largest absolute Gasteiger partial charge is 0.392 e. The second-order valence-corrected chi connectivity index (χ2v) is 6.16. The number of aliphatic hydroxyl groups is 1. The second-order valence-electron chi connectivity index (χ2n) is 4.39. The maximum Gasteiger partial charge on any atom is 0.0681 e. The molecule has 100 valence electrons. The van der Waals surface area contributed by atoms with Crippen LogP contribution < -0.4 is 5.32 Å². The molecule has 0 aliphatic heterocycles. The first kappa shape index (κ1) is 14.6. The van der Waals surface area contributed by atoms with Gasteiger partial charge in [0.15, 0.2) is 0 Å². The van der Waals surface area contributed by atoms with E-state index in [-0.39, 0.29) is 12.6 Å². The van der Waals surface area contributed by atoms with Gasteiger partial charge in [0.1, 0.15) is 0 Å². The van der Waals surface area contributed by atoms with Crippen molar-refractivity contribution in [2.24, 2.45) is 0 Å². The highest BCUT2D eigenvalue weighted by Gasteiger charge is 2.09. The van der Waals surface area contributed by atoms with Gasteiger partial charge in [0.2, 0.25) is 0 Å². The fraction of sp³-hybridized carbons (Fsp3) is 0.200. The lowest BCUT2D eigenvalue weighted by Crippen LogP contribution is -2.07. The molecule has 4 heteroatoms. The number of rotatable bonds is 4. The van der Waals surface area contributed by atoms with Gasteiger partial charge < -0.3 is 10.4 Å². The van der Waals surface area contributed by atoms with Crippen molar-refractivity contribution in [3.8, 4) is 0 Å². The lowest BCUT2D eigenvalue weighted by atomic mass is 10.1. The van der Waals surface area contributed by atoms with Crippen molar-refractivity contribution in [3.63, 3.8) is 0 Å². The zero-order valence-corrected chi connectivity index (χ0v) is 13.7. The molecule has 0 heterocycles. The second kappa shape index (κ2) is 6.55. The lowest BCUT2D eigenvalue weighted by Gasteiger charge is -2.17. The van der Waals surface area contributed by atoms with Gasteiger partial charge in [-0.05, 0) is 42.3 Å². The molecule has 0 aliphatic carbocycles. The monoisotopic (exact) mass is 383 g/mol. The van der Waals surface area contributed by atoms with Crippen molar-refractivity contribution in [1.29, 1.82) is 0 Å². The summed E-state index contributed by atoms with van der Waals surface area (Å²) < 4.78 is 2.14. The molecule has 0 radical (unpaired) electrons. The highest BCUT2D eigenvalue weighted by Crippen LogP contribution is 2.29. The van der Waals surface area contributed by atoms with E-state index in [1.807, 2.05) is 36.4 Å². The highest BCUT2D eigenvalue weighted by molar-refractivity contribution is 9.11. The lowest BCUT2D eigenvalue weighted by molar-refractivity contribution is 0.282. The van der Waals surface area contributed by atoms with Crippen LogP contribution in [-0.4, -0.2) is 5.11 Å². The van der Waals surface area contributed by atoms with Gasteiger partial charge in [-0.25, -0.2) is 0 Å². The third-order valence-corrected chi connectivity index (χ3v) is 4.13. The van der Waals surface area contributed by atoms with Gasteiger partial charge in [-0.1, -0.05) is 50.1 Å². The summed E-state index contributed by atoms with van der Waals surface area (Å²) in [6, 6.07) is 14.2. The summed E-state index contributed by atoms with van der Waals surface area (Å²) in [7, 11) is 0. The summed E-state index contributed by atoms with van der Waals surface area (Å²) in [4.78, 5) is 0. The Morgan fingerprint density at radius 1 is 1.11 bits per heavy atom. The maximum atomic E-state index is 9.02. The third kappa shape index (κ3) is 3.81. The Bertz CT molecular complexity index is 555. The van der Waals surface area contributed by atoms with E-state index >= 15 is 0 Å². The van der Waals surface area contributed by atoms with Crippen molar-refractivity contribution >= 4 is 37.5 Å². The van der Waals surface area contributed by atoms with Gasteiger partial charge in [0.05, 0.1) is 6.61 Å². The van der Waals surface area contributed by atoms with E-state index in [0.717, 1.165) is 20.2 Å². The molecule has 2 nitrogen and oxygen atoms in total. The standard InChI is InChI=1S/C15H15Br2NO/c1-10(14-7-4-12(16)8-15(14)17)18-13-5-2-11(9-19)3-6-13/h2-8,10,18-19H,9H2,1H3. The fourth-order valence-electron chi connectivity index (χ4n) is 1.89. The molecular weight excluding hydrogens is 370 g/mol. The number of hydrogen-bond acceptors (Lipinski definition) is 2. The molecular formula is C15H15Br2NO. The van der Waals surface area contributed by atoms with E-state index < -0.39 is 0 Å². The van der Waals surface area contributed by atoms with Crippen molar-refractivity contribution in [2.75, 3.05) is 5.32 Å². The van der Waals surface area contributed by atoms with Crippen LogP contribution >= 0.6 is 31.9 Å². The number of aliphatic hydroxyl groups excluding tert-OH is 1. The van der Waals surface area contributed by atoms with Crippen LogP contribution in [-0.2, 0) is 6.61 Å². The van der Waals surface area contributed by atoms with Gasteiger partial charge >= 0.3 is 0 Å². The number of halogens is 2. The number of anilines is 1. The molecule has 0 spiro atoms. The molecule has 0 bridgehead atoms. The zero-order valence-electron chi connectivity index (χ0n) is 10.5. The van der Waals surface area contributed by atoms with Crippen LogP contribution in [0.15, 0.2) is 51.4 Å². The van der Waals surface area contributed by atoms with E-state index in [1.54, 1.807) is 0 Å². The fourth-order valence-corrected chi connectivity index (χ4v) is 3.28. The topological polar surface area (TPSA) is 32.3 Å². The number of benzene rings is 2. The first-order valence-corrected chi connectivity index (χ1v) is 7.60. The Kier molecular flexibility index (Phi) is 5.02. The van der Waals surface area contributed by atoms with Gasteiger partial charge in [0.25, 0.3) is 0 Å². The molecule has 0 aliphatic rings. The van der Waals surface area contributed by atoms with Crippen LogP contribution in [0.4, 0.5) is 5.69 Å². The van der Waals surface area contributed by atoms with Crippen molar-refractivity contribution < 1.29 is 5.11 Å². The molecule has 19 heavy (non-hydrogen) atoms. The van der Waals surface area contributed by atoms with Gasteiger partial charge in [0, 0.05) is 20.7 Å². The van der Waals surface area contributed by atoms with Crippen LogP contribution in [0, 0.1) is 0 Å². The normalized spacial score (nSPS) is 12.2. The molecule has 0 saturated carbocycles. The summed E-state index contributed by atoms with van der Waals surface area (Å²) in [5.74, 6) is 0. The zero-order chi connectivity index (χ0) is 13.8. The van der Waals surface area contributed by atoms with Crippen LogP contribution in [0.25, 0.3) is 0 Å². The Morgan fingerprint density at radius 2 is 1.79 bits per heavy atom. The van der Waals surface area contributed by atoms with Crippen LogP contribution in [0.3, 0.4) is 0 Å². The summed E-state index contributed by atoms with van der Waals surface area (Å²) in [5.41, 5.74) is 3.16. The van der Waals surface area contributed by atoms with Gasteiger partial charge in [-0.3, -0.25) is 0 Å². The minimum atomic E-state index is 0.0775. The Labute approximate surface area is 130 Å². The molecule has 0 fully saturated rings. The van der Waals surface area contributed by atoms with Crippen molar-refractivity contribution in [1.82, 2.24) is 0 Å². The van der Waals surface area contributed by atoms with E-state index in [4.69, 9.17) is 5.11 Å². The van der Waals surface area contributed by atoms with E-state index in [0.29, 0.717) is 0 Å². The Balaban J connectivity index is 2.13. The molecule has 0 aromatic heterocycles. The minimum absolute atomic E-state index is 0.0775. The van der Waals surface area contributed by atoms with E-state index in [9.17, 15) is 0 Å². The van der Waals surface area contributed by atoms with Crippen LogP contribution in [0.1, 0.15) is 24.1 Å².